The number of aryl methyl sites for hydroxylation is 1. The second-order valence-electron chi connectivity index (χ2n) is 4.47. The summed E-state index contributed by atoms with van der Waals surface area (Å²) in [4.78, 5) is 11.4. The maximum absolute atomic E-state index is 13.7. The molecule has 0 aliphatic heterocycles. The van der Waals surface area contributed by atoms with Gasteiger partial charge in [-0.3, -0.25) is 4.21 Å². The van der Waals surface area contributed by atoms with Crippen LogP contribution in [0.15, 0.2) is 41.3 Å². The quantitative estimate of drug-likeness (QED) is 0.930. The van der Waals surface area contributed by atoms with Crippen LogP contribution in [0.5, 0.6) is 0 Å². The number of rotatable bonds is 4. The lowest BCUT2D eigenvalue weighted by molar-refractivity contribution is 0.0696. The molecule has 0 aliphatic rings. The van der Waals surface area contributed by atoms with Crippen molar-refractivity contribution in [3.05, 3.63) is 63.9 Å². The van der Waals surface area contributed by atoms with Crippen LogP contribution in [0.25, 0.3) is 0 Å². The number of hydrogen-bond donors (Lipinski definition) is 1. The smallest absolute Gasteiger partial charge is 0.335 e. The first-order valence-electron chi connectivity index (χ1n) is 6.05. The van der Waals surface area contributed by atoms with E-state index < -0.39 is 22.6 Å². The van der Waals surface area contributed by atoms with E-state index in [1.165, 1.54) is 24.3 Å². The maximum Gasteiger partial charge on any atom is 0.335 e. The largest absolute Gasteiger partial charge is 0.478 e. The third-order valence-corrected chi connectivity index (χ3v) is 4.72. The van der Waals surface area contributed by atoms with Gasteiger partial charge >= 0.3 is 5.97 Å². The molecule has 1 N–H and O–H groups in total. The van der Waals surface area contributed by atoms with Gasteiger partial charge in [0.1, 0.15) is 5.82 Å². The van der Waals surface area contributed by atoms with Crippen molar-refractivity contribution in [1.29, 1.82) is 0 Å². The Morgan fingerprint density at radius 3 is 2.67 bits per heavy atom. The molecule has 1 atom stereocenters. The molecule has 0 saturated heterocycles. The van der Waals surface area contributed by atoms with Gasteiger partial charge in [-0.05, 0) is 36.8 Å². The first-order valence-corrected chi connectivity index (χ1v) is 7.75. The molecule has 21 heavy (non-hydrogen) atoms. The minimum Gasteiger partial charge on any atom is -0.478 e. The van der Waals surface area contributed by atoms with Crippen molar-refractivity contribution in [2.75, 3.05) is 0 Å². The lowest BCUT2D eigenvalue weighted by Crippen LogP contribution is -2.04. The highest BCUT2D eigenvalue weighted by molar-refractivity contribution is 7.84. The number of carboxylic acids is 1. The highest BCUT2D eigenvalue weighted by Crippen LogP contribution is 2.23. The normalized spacial score (nSPS) is 12.1. The molecule has 2 rings (SSSR count). The Hall–Kier alpha value is -1.72. The third-order valence-electron chi connectivity index (χ3n) is 3.04. The van der Waals surface area contributed by atoms with Gasteiger partial charge < -0.3 is 5.11 Å². The van der Waals surface area contributed by atoms with E-state index in [4.69, 9.17) is 16.7 Å². The average molecular weight is 327 g/mol. The number of halogens is 2. The Morgan fingerprint density at radius 2 is 2.05 bits per heavy atom. The lowest BCUT2D eigenvalue weighted by Gasteiger charge is -2.08. The van der Waals surface area contributed by atoms with Crippen LogP contribution in [-0.2, 0) is 16.6 Å². The first kappa shape index (κ1) is 15.7. The predicted molar refractivity (Wildman–Crippen MR) is 79.7 cm³/mol. The zero-order chi connectivity index (χ0) is 15.6. The molecular weight excluding hydrogens is 315 g/mol. The summed E-state index contributed by atoms with van der Waals surface area (Å²) in [5.74, 6) is -1.72. The fourth-order valence-electron chi connectivity index (χ4n) is 1.86. The van der Waals surface area contributed by atoms with E-state index in [-0.39, 0.29) is 21.9 Å². The zero-order valence-electron chi connectivity index (χ0n) is 11.1. The van der Waals surface area contributed by atoms with E-state index in [0.29, 0.717) is 10.5 Å². The number of benzene rings is 2. The van der Waals surface area contributed by atoms with E-state index in [9.17, 15) is 13.4 Å². The molecule has 0 radical (unpaired) electrons. The molecule has 0 bridgehead atoms. The van der Waals surface area contributed by atoms with Crippen LogP contribution in [-0.4, -0.2) is 15.3 Å². The SMILES string of the molecule is Cc1ccc(S(=O)Cc2c(F)cccc2Cl)cc1C(=O)O. The second-order valence-corrected chi connectivity index (χ2v) is 6.33. The molecule has 0 aliphatic carbocycles. The van der Waals surface area contributed by atoms with Gasteiger partial charge in [-0.1, -0.05) is 23.7 Å². The summed E-state index contributed by atoms with van der Waals surface area (Å²) in [6.07, 6.45) is 0. The van der Waals surface area contributed by atoms with Crippen LogP contribution in [0, 0.1) is 12.7 Å². The van der Waals surface area contributed by atoms with Gasteiger partial charge in [-0.25, -0.2) is 9.18 Å². The summed E-state index contributed by atoms with van der Waals surface area (Å²) in [7, 11) is -1.58. The molecule has 2 aromatic rings. The molecular formula is C15H12ClFO3S. The molecule has 1 unspecified atom stereocenters. The minimum atomic E-state index is -1.58. The van der Waals surface area contributed by atoms with Crippen LogP contribution in [0.1, 0.15) is 21.5 Å². The summed E-state index contributed by atoms with van der Waals surface area (Å²) in [5.41, 5.74) is 0.822. The topological polar surface area (TPSA) is 54.4 Å². The summed E-state index contributed by atoms with van der Waals surface area (Å²) < 4.78 is 26.0. The maximum atomic E-state index is 13.7. The second kappa shape index (κ2) is 6.37. The molecule has 2 aromatic carbocycles. The van der Waals surface area contributed by atoms with Crippen molar-refractivity contribution in [1.82, 2.24) is 0 Å². The summed E-state index contributed by atoms with van der Waals surface area (Å²) in [6, 6.07) is 8.75. The zero-order valence-corrected chi connectivity index (χ0v) is 12.7. The van der Waals surface area contributed by atoms with E-state index >= 15 is 0 Å². The van der Waals surface area contributed by atoms with Gasteiger partial charge in [-0.15, -0.1) is 0 Å². The Bertz CT molecular complexity index is 711. The Morgan fingerprint density at radius 1 is 1.33 bits per heavy atom. The Kier molecular flexibility index (Phi) is 4.75. The molecule has 6 heteroatoms. The average Bonchev–Trinajstić information content (AvgIpc) is 2.43. The van der Waals surface area contributed by atoms with Gasteiger partial charge in [0.15, 0.2) is 0 Å². The first-order chi connectivity index (χ1) is 9.90. The summed E-state index contributed by atoms with van der Waals surface area (Å²) in [6.45, 7) is 1.66. The highest BCUT2D eigenvalue weighted by Gasteiger charge is 2.15. The summed E-state index contributed by atoms with van der Waals surface area (Å²) >= 11 is 5.90. The van der Waals surface area contributed by atoms with Crippen LogP contribution >= 0.6 is 11.6 Å². The lowest BCUT2D eigenvalue weighted by atomic mass is 10.1. The van der Waals surface area contributed by atoms with Gasteiger partial charge in [-0.2, -0.15) is 0 Å². The van der Waals surface area contributed by atoms with E-state index in [2.05, 4.69) is 0 Å². The van der Waals surface area contributed by atoms with E-state index in [1.807, 2.05) is 0 Å². The van der Waals surface area contributed by atoms with Gasteiger partial charge in [0.05, 0.1) is 22.1 Å². The molecule has 0 aromatic heterocycles. The minimum absolute atomic E-state index is 0.0838. The van der Waals surface area contributed by atoms with Crippen LogP contribution in [0.2, 0.25) is 5.02 Å². The molecule has 0 amide bonds. The fourth-order valence-corrected chi connectivity index (χ4v) is 3.36. The van der Waals surface area contributed by atoms with Crippen LogP contribution in [0.4, 0.5) is 4.39 Å². The van der Waals surface area contributed by atoms with Gasteiger partial charge in [0.25, 0.3) is 0 Å². The van der Waals surface area contributed by atoms with Gasteiger partial charge in [0.2, 0.25) is 0 Å². The van der Waals surface area contributed by atoms with E-state index in [1.54, 1.807) is 19.1 Å². The summed E-state index contributed by atoms with van der Waals surface area (Å²) in [5, 5.41) is 9.27. The van der Waals surface area contributed by atoms with E-state index in [0.717, 1.165) is 0 Å². The molecule has 110 valence electrons. The molecule has 0 heterocycles. The molecule has 3 nitrogen and oxygen atoms in total. The molecule has 0 saturated carbocycles. The van der Waals surface area contributed by atoms with Crippen molar-refractivity contribution < 1.29 is 18.5 Å². The monoisotopic (exact) mass is 326 g/mol. The van der Waals surface area contributed by atoms with Crippen molar-refractivity contribution in [2.45, 2.75) is 17.6 Å². The predicted octanol–water partition coefficient (Wildman–Crippen LogP) is 3.79. The van der Waals surface area contributed by atoms with Crippen LogP contribution < -0.4 is 0 Å². The highest BCUT2D eigenvalue weighted by atomic mass is 35.5. The Labute approximate surface area is 128 Å². The van der Waals surface area contributed by atoms with Crippen molar-refractivity contribution in [3.8, 4) is 0 Å². The fraction of sp³-hybridized carbons (Fsp3) is 0.133. The van der Waals surface area contributed by atoms with Gasteiger partial charge in [0, 0.05) is 15.5 Å². The number of carbonyl (C=O) groups is 1. The molecule has 0 fully saturated rings. The standard InChI is InChI=1S/C15H12ClFO3S/c1-9-5-6-10(7-11(9)15(18)19)21(20)8-12-13(16)3-2-4-14(12)17/h2-7H,8H2,1H3,(H,18,19). The number of carboxylic acid groups (broad SMARTS) is 1. The number of hydrogen-bond acceptors (Lipinski definition) is 2. The van der Waals surface area contributed by atoms with Crippen molar-refractivity contribution in [3.63, 3.8) is 0 Å². The third kappa shape index (κ3) is 3.49. The Balaban J connectivity index is 2.33. The number of aromatic carboxylic acids is 1. The van der Waals surface area contributed by atoms with Crippen molar-refractivity contribution in [2.24, 2.45) is 0 Å². The van der Waals surface area contributed by atoms with Crippen LogP contribution in [0.3, 0.4) is 0 Å². The van der Waals surface area contributed by atoms with Crippen molar-refractivity contribution >= 4 is 28.4 Å². The molecule has 0 spiro atoms.